The lowest BCUT2D eigenvalue weighted by Gasteiger charge is -2.09. The van der Waals surface area contributed by atoms with Gasteiger partial charge in [-0.2, -0.15) is 14.0 Å². The number of nitrogens with zero attached hydrogens (tertiary/aromatic N) is 1. The van der Waals surface area contributed by atoms with Crippen LogP contribution in [0.1, 0.15) is 22.8 Å². The van der Waals surface area contributed by atoms with Crippen LogP contribution in [0.25, 0.3) is 0 Å². The van der Waals surface area contributed by atoms with E-state index in [1.807, 2.05) is 0 Å². The minimum absolute atomic E-state index is 0.0295. The summed E-state index contributed by atoms with van der Waals surface area (Å²) in [6.45, 7) is -1.87. The molecule has 0 aliphatic rings. The van der Waals surface area contributed by atoms with Gasteiger partial charge in [0.05, 0.1) is 0 Å². The number of alkyl halides is 2. The Morgan fingerprint density at radius 1 is 1.56 bits per heavy atom. The predicted molar refractivity (Wildman–Crippen MR) is 52.2 cm³/mol. The summed E-state index contributed by atoms with van der Waals surface area (Å²) in [7, 11) is 0. The van der Waals surface area contributed by atoms with Crippen molar-refractivity contribution < 1.29 is 18.3 Å². The summed E-state index contributed by atoms with van der Waals surface area (Å²) in [5.41, 5.74) is 5.23. The Morgan fingerprint density at radius 2 is 2.19 bits per heavy atom. The van der Waals surface area contributed by atoms with E-state index in [1.54, 1.807) is 6.07 Å². The summed E-state index contributed by atoms with van der Waals surface area (Å²) in [4.78, 5) is 11.2. The molecule has 0 saturated heterocycles. The summed E-state index contributed by atoms with van der Waals surface area (Å²) in [6.07, 6.45) is 0. The fourth-order valence-electron chi connectivity index (χ4n) is 1.22. The smallest absolute Gasteiger partial charge is 0.387 e. The van der Waals surface area contributed by atoms with E-state index in [1.165, 1.54) is 13.0 Å². The van der Waals surface area contributed by atoms with Crippen molar-refractivity contribution in [2.24, 2.45) is 0 Å². The number of rotatable bonds is 3. The van der Waals surface area contributed by atoms with Gasteiger partial charge in [-0.3, -0.25) is 4.79 Å². The molecule has 0 radical (unpaired) electrons. The largest absolute Gasteiger partial charge is 0.433 e. The van der Waals surface area contributed by atoms with Gasteiger partial charge in [0, 0.05) is 17.3 Å². The molecule has 4 nitrogen and oxygen atoms in total. The number of hydrogen-bond donors (Lipinski definition) is 1. The fourth-order valence-corrected chi connectivity index (χ4v) is 1.22. The first-order valence-electron chi connectivity index (χ1n) is 4.25. The van der Waals surface area contributed by atoms with Crippen molar-refractivity contribution in [3.8, 4) is 11.8 Å². The zero-order valence-corrected chi connectivity index (χ0v) is 8.33. The Morgan fingerprint density at radius 3 is 2.62 bits per heavy atom. The molecule has 1 rings (SSSR count). The quantitative estimate of drug-likeness (QED) is 0.631. The Kier molecular flexibility index (Phi) is 3.40. The minimum Gasteiger partial charge on any atom is -0.433 e. The topological polar surface area (TPSA) is 76.1 Å². The van der Waals surface area contributed by atoms with Crippen molar-refractivity contribution in [3.05, 3.63) is 23.3 Å². The lowest BCUT2D eigenvalue weighted by molar-refractivity contribution is -0.0500. The first-order chi connectivity index (χ1) is 7.45. The molecule has 2 N–H and O–H groups in total. The van der Waals surface area contributed by atoms with Gasteiger partial charge in [0.2, 0.25) is 0 Å². The van der Waals surface area contributed by atoms with E-state index in [9.17, 15) is 13.6 Å². The Bertz CT molecular complexity index is 467. The number of halogens is 2. The van der Waals surface area contributed by atoms with Crippen molar-refractivity contribution in [2.45, 2.75) is 13.5 Å². The highest BCUT2D eigenvalue weighted by atomic mass is 19.3. The van der Waals surface area contributed by atoms with Gasteiger partial charge in [-0.15, -0.1) is 0 Å². The summed E-state index contributed by atoms with van der Waals surface area (Å²) in [5, 5.41) is 8.78. The van der Waals surface area contributed by atoms with Gasteiger partial charge < -0.3 is 10.5 Å². The van der Waals surface area contributed by atoms with Crippen LogP contribution in [0.2, 0.25) is 0 Å². The standard InChI is InChI=1S/C10H8F2N2O2/c1-5(15)7-2-6(14)3-9(8(7)4-13)16-10(11)12/h2-3,10H,14H2,1H3. The average molecular weight is 226 g/mol. The van der Waals surface area contributed by atoms with Crippen LogP contribution in [-0.2, 0) is 0 Å². The number of nitrogen functional groups attached to an aromatic ring is 1. The molecule has 0 atom stereocenters. The summed E-state index contributed by atoms with van der Waals surface area (Å²) >= 11 is 0. The molecule has 0 bridgehead atoms. The van der Waals surface area contributed by atoms with E-state index in [2.05, 4.69) is 4.74 Å². The second-order valence-corrected chi connectivity index (χ2v) is 2.99. The van der Waals surface area contributed by atoms with Crippen molar-refractivity contribution in [1.29, 1.82) is 5.26 Å². The third-order valence-corrected chi connectivity index (χ3v) is 1.83. The van der Waals surface area contributed by atoms with Gasteiger partial charge in [-0.1, -0.05) is 0 Å². The van der Waals surface area contributed by atoms with Crippen molar-refractivity contribution >= 4 is 11.5 Å². The van der Waals surface area contributed by atoms with Crippen molar-refractivity contribution in [3.63, 3.8) is 0 Å². The van der Waals surface area contributed by atoms with Crippen LogP contribution in [0, 0.1) is 11.3 Å². The highest BCUT2D eigenvalue weighted by Crippen LogP contribution is 2.27. The lowest BCUT2D eigenvalue weighted by atomic mass is 10.0. The molecular weight excluding hydrogens is 218 g/mol. The number of nitriles is 1. The average Bonchev–Trinajstić information content (AvgIpc) is 2.15. The van der Waals surface area contributed by atoms with E-state index >= 15 is 0 Å². The van der Waals surface area contributed by atoms with Crippen LogP contribution in [0.4, 0.5) is 14.5 Å². The molecule has 0 saturated carbocycles. The van der Waals surface area contributed by atoms with Gasteiger partial charge in [-0.25, -0.2) is 0 Å². The number of carbonyl (C=O) groups is 1. The molecule has 0 heterocycles. The van der Waals surface area contributed by atoms with E-state index in [0.717, 1.165) is 6.07 Å². The Labute approximate surface area is 90.2 Å². The second-order valence-electron chi connectivity index (χ2n) is 2.99. The van der Waals surface area contributed by atoms with E-state index < -0.39 is 12.4 Å². The third kappa shape index (κ3) is 2.45. The molecule has 16 heavy (non-hydrogen) atoms. The Balaban J connectivity index is 3.37. The highest BCUT2D eigenvalue weighted by Gasteiger charge is 2.17. The maximum Gasteiger partial charge on any atom is 0.387 e. The second kappa shape index (κ2) is 4.57. The molecule has 6 heteroatoms. The molecule has 0 spiro atoms. The lowest BCUT2D eigenvalue weighted by Crippen LogP contribution is -2.07. The van der Waals surface area contributed by atoms with Crippen LogP contribution in [-0.4, -0.2) is 12.4 Å². The molecule has 0 aliphatic heterocycles. The van der Waals surface area contributed by atoms with Gasteiger partial charge >= 0.3 is 6.61 Å². The third-order valence-electron chi connectivity index (χ3n) is 1.83. The van der Waals surface area contributed by atoms with Crippen LogP contribution in [0.15, 0.2) is 12.1 Å². The molecule has 0 unspecified atom stereocenters. The monoisotopic (exact) mass is 226 g/mol. The summed E-state index contributed by atoms with van der Waals surface area (Å²) < 4.78 is 28.2. The molecule has 0 aliphatic carbocycles. The predicted octanol–water partition coefficient (Wildman–Crippen LogP) is 1.94. The fraction of sp³-hybridized carbons (Fsp3) is 0.200. The number of ether oxygens (including phenoxy) is 1. The first-order valence-corrected chi connectivity index (χ1v) is 4.25. The van der Waals surface area contributed by atoms with Crippen LogP contribution in [0.3, 0.4) is 0 Å². The van der Waals surface area contributed by atoms with Gasteiger partial charge in [0.1, 0.15) is 17.4 Å². The van der Waals surface area contributed by atoms with Crippen LogP contribution < -0.4 is 10.5 Å². The molecule has 1 aromatic rings. The maximum atomic E-state index is 12.0. The highest BCUT2D eigenvalue weighted by molar-refractivity contribution is 5.98. The normalized spacial score (nSPS) is 9.94. The molecule has 1 aromatic carbocycles. The van der Waals surface area contributed by atoms with Crippen molar-refractivity contribution in [1.82, 2.24) is 0 Å². The molecule has 0 amide bonds. The Hall–Kier alpha value is -2.16. The maximum absolute atomic E-state index is 12.0. The zero-order chi connectivity index (χ0) is 12.3. The zero-order valence-electron chi connectivity index (χ0n) is 8.33. The summed E-state index contributed by atoms with van der Waals surface area (Å²) in [5.74, 6) is -0.828. The van der Waals surface area contributed by atoms with E-state index in [4.69, 9.17) is 11.0 Å². The van der Waals surface area contributed by atoms with Gasteiger partial charge in [0.25, 0.3) is 0 Å². The van der Waals surface area contributed by atoms with Gasteiger partial charge in [-0.05, 0) is 13.0 Å². The molecule has 0 fully saturated rings. The van der Waals surface area contributed by atoms with Crippen LogP contribution in [0.5, 0.6) is 5.75 Å². The number of hydrogen-bond acceptors (Lipinski definition) is 4. The SMILES string of the molecule is CC(=O)c1cc(N)cc(OC(F)F)c1C#N. The first kappa shape index (κ1) is 11.9. The number of carbonyl (C=O) groups excluding carboxylic acids is 1. The minimum atomic E-state index is -3.08. The summed E-state index contributed by atoms with van der Waals surface area (Å²) in [6, 6.07) is 3.97. The van der Waals surface area contributed by atoms with Gasteiger partial charge in [0.15, 0.2) is 5.78 Å². The molecule has 0 aromatic heterocycles. The van der Waals surface area contributed by atoms with Crippen molar-refractivity contribution in [2.75, 3.05) is 5.73 Å². The number of ketones is 1. The number of benzene rings is 1. The number of nitrogens with two attached hydrogens (primary N) is 1. The van der Waals surface area contributed by atoms with Crippen LogP contribution >= 0.6 is 0 Å². The van der Waals surface area contributed by atoms with E-state index in [-0.39, 0.29) is 22.6 Å². The molecule has 84 valence electrons. The number of Topliss-reactive ketones (excluding diaryl/α,β-unsaturated/α-hetero) is 1. The molecular formula is C10H8F2N2O2. The van der Waals surface area contributed by atoms with E-state index in [0.29, 0.717) is 0 Å². The number of anilines is 1.